The lowest BCUT2D eigenvalue weighted by atomic mass is 10.0. The number of halogens is 1. The van der Waals surface area contributed by atoms with E-state index in [-0.39, 0.29) is 18.3 Å². The Morgan fingerprint density at radius 2 is 1.96 bits per heavy atom. The second-order valence-corrected chi connectivity index (χ2v) is 6.88. The summed E-state index contributed by atoms with van der Waals surface area (Å²) in [5, 5.41) is 6.34. The predicted octanol–water partition coefficient (Wildman–Crippen LogP) is 3.36. The number of fused-ring (bicyclic) bond motifs is 1. The standard InChI is InChI=1S/C21H22FN3O/c22-15-20-3-2-11-24(20)12-9-16-5-6-18-14-19(8-7-17(18)13-16)25-21(26)4-1-10-23-25/h1,4-8,10,13-14,20H,2-3,9,11-12,15H2/t20-/m0/s1. The van der Waals surface area contributed by atoms with Gasteiger partial charge in [0, 0.05) is 24.8 Å². The fourth-order valence-electron chi connectivity index (χ4n) is 3.76. The van der Waals surface area contributed by atoms with Crippen molar-refractivity contribution in [3.05, 3.63) is 70.6 Å². The van der Waals surface area contributed by atoms with Crippen molar-refractivity contribution < 1.29 is 4.39 Å². The SMILES string of the molecule is O=c1cccnn1-c1ccc2cc(CCN3CCC[C@H]3CF)ccc2c1. The van der Waals surface area contributed by atoms with Gasteiger partial charge in [-0.1, -0.05) is 24.3 Å². The zero-order valence-electron chi connectivity index (χ0n) is 14.6. The lowest BCUT2D eigenvalue weighted by Crippen LogP contribution is -2.32. The second-order valence-electron chi connectivity index (χ2n) is 6.88. The zero-order chi connectivity index (χ0) is 17.9. The van der Waals surface area contributed by atoms with Gasteiger partial charge in [-0.3, -0.25) is 9.69 Å². The number of hydrogen-bond donors (Lipinski definition) is 0. The quantitative estimate of drug-likeness (QED) is 0.707. The normalized spacial score (nSPS) is 17.8. The van der Waals surface area contributed by atoms with Crippen molar-refractivity contribution in [1.82, 2.24) is 14.7 Å². The number of benzene rings is 2. The third-order valence-corrected chi connectivity index (χ3v) is 5.21. The van der Waals surface area contributed by atoms with Gasteiger partial charge < -0.3 is 0 Å². The van der Waals surface area contributed by atoms with Gasteiger partial charge in [0.15, 0.2) is 0 Å². The maximum absolute atomic E-state index is 13.0. The monoisotopic (exact) mass is 351 g/mol. The summed E-state index contributed by atoms with van der Waals surface area (Å²) in [5.74, 6) is 0. The van der Waals surface area contributed by atoms with Crippen molar-refractivity contribution >= 4 is 10.8 Å². The molecule has 0 N–H and O–H groups in total. The third kappa shape index (κ3) is 3.40. The molecule has 26 heavy (non-hydrogen) atoms. The van der Waals surface area contributed by atoms with Gasteiger partial charge in [0.2, 0.25) is 0 Å². The van der Waals surface area contributed by atoms with Gasteiger partial charge in [-0.25, -0.2) is 4.39 Å². The Hall–Kier alpha value is -2.53. The van der Waals surface area contributed by atoms with Crippen LogP contribution >= 0.6 is 0 Å². The highest BCUT2D eigenvalue weighted by Crippen LogP contribution is 2.21. The third-order valence-electron chi connectivity index (χ3n) is 5.21. The minimum absolute atomic E-state index is 0.106. The first-order valence-corrected chi connectivity index (χ1v) is 9.12. The molecule has 1 atom stereocenters. The van der Waals surface area contributed by atoms with Crippen LogP contribution in [-0.4, -0.2) is 40.5 Å². The molecule has 4 nitrogen and oxygen atoms in total. The van der Waals surface area contributed by atoms with Crippen molar-refractivity contribution in [3.63, 3.8) is 0 Å². The summed E-state index contributed by atoms with van der Waals surface area (Å²) in [6.45, 7) is 1.67. The minimum Gasteiger partial charge on any atom is -0.297 e. The molecule has 0 spiro atoms. The largest absolute Gasteiger partial charge is 0.297 e. The molecule has 2 heterocycles. The lowest BCUT2D eigenvalue weighted by molar-refractivity contribution is 0.217. The Morgan fingerprint density at radius 3 is 2.81 bits per heavy atom. The highest BCUT2D eigenvalue weighted by Gasteiger charge is 2.23. The molecule has 0 aliphatic carbocycles. The zero-order valence-corrected chi connectivity index (χ0v) is 14.6. The molecule has 0 saturated carbocycles. The fraction of sp³-hybridized carbons (Fsp3) is 0.333. The molecule has 1 saturated heterocycles. The molecule has 0 radical (unpaired) electrons. The molecular formula is C21H22FN3O. The summed E-state index contributed by atoms with van der Waals surface area (Å²) in [6, 6.07) is 15.6. The van der Waals surface area contributed by atoms with E-state index in [1.54, 1.807) is 12.3 Å². The smallest absolute Gasteiger partial charge is 0.271 e. The van der Waals surface area contributed by atoms with Crippen LogP contribution in [0.4, 0.5) is 4.39 Å². The molecule has 0 unspecified atom stereocenters. The fourth-order valence-corrected chi connectivity index (χ4v) is 3.76. The summed E-state index contributed by atoms with van der Waals surface area (Å²) in [7, 11) is 0. The number of alkyl halides is 1. The van der Waals surface area contributed by atoms with E-state index in [4.69, 9.17) is 0 Å². The van der Waals surface area contributed by atoms with Crippen LogP contribution in [0.3, 0.4) is 0 Å². The number of hydrogen-bond acceptors (Lipinski definition) is 3. The van der Waals surface area contributed by atoms with E-state index in [0.717, 1.165) is 48.8 Å². The Morgan fingerprint density at radius 1 is 1.12 bits per heavy atom. The summed E-state index contributed by atoms with van der Waals surface area (Å²) in [4.78, 5) is 14.2. The van der Waals surface area contributed by atoms with Crippen LogP contribution in [-0.2, 0) is 6.42 Å². The maximum atomic E-state index is 13.0. The van der Waals surface area contributed by atoms with Gasteiger partial charge in [-0.2, -0.15) is 9.78 Å². The van der Waals surface area contributed by atoms with Crippen LogP contribution in [0, 0.1) is 0 Å². The van der Waals surface area contributed by atoms with E-state index in [9.17, 15) is 9.18 Å². The Kier molecular flexibility index (Phi) is 4.80. The van der Waals surface area contributed by atoms with Gasteiger partial charge in [-0.05, 0) is 60.3 Å². The summed E-state index contributed by atoms with van der Waals surface area (Å²) in [5.41, 5.74) is 1.87. The van der Waals surface area contributed by atoms with Gasteiger partial charge in [-0.15, -0.1) is 0 Å². The van der Waals surface area contributed by atoms with Crippen LogP contribution in [0.2, 0.25) is 0 Å². The highest BCUT2D eigenvalue weighted by atomic mass is 19.1. The van der Waals surface area contributed by atoms with Crippen LogP contribution in [0.25, 0.3) is 16.5 Å². The molecule has 0 amide bonds. The van der Waals surface area contributed by atoms with E-state index >= 15 is 0 Å². The maximum Gasteiger partial charge on any atom is 0.271 e. The van der Waals surface area contributed by atoms with Crippen LogP contribution in [0.1, 0.15) is 18.4 Å². The lowest BCUT2D eigenvalue weighted by Gasteiger charge is -2.21. The molecule has 134 valence electrons. The van der Waals surface area contributed by atoms with Crippen LogP contribution in [0.15, 0.2) is 59.5 Å². The molecule has 5 heteroatoms. The Balaban J connectivity index is 1.54. The van der Waals surface area contributed by atoms with Crippen molar-refractivity contribution in [2.75, 3.05) is 19.8 Å². The van der Waals surface area contributed by atoms with Gasteiger partial charge in [0.05, 0.1) is 5.69 Å². The van der Waals surface area contributed by atoms with E-state index in [2.05, 4.69) is 28.2 Å². The van der Waals surface area contributed by atoms with Crippen molar-refractivity contribution in [2.24, 2.45) is 0 Å². The van der Waals surface area contributed by atoms with E-state index < -0.39 is 0 Å². The van der Waals surface area contributed by atoms with Crippen molar-refractivity contribution in [1.29, 1.82) is 0 Å². The summed E-state index contributed by atoms with van der Waals surface area (Å²) < 4.78 is 14.4. The average molecular weight is 351 g/mol. The summed E-state index contributed by atoms with van der Waals surface area (Å²) in [6.07, 6.45) is 4.61. The van der Waals surface area contributed by atoms with Crippen molar-refractivity contribution in [2.45, 2.75) is 25.3 Å². The predicted molar refractivity (Wildman–Crippen MR) is 102 cm³/mol. The van der Waals surface area contributed by atoms with E-state index in [1.165, 1.54) is 16.3 Å². The first-order valence-electron chi connectivity index (χ1n) is 9.12. The van der Waals surface area contributed by atoms with E-state index in [0.29, 0.717) is 0 Å². The van der Waals surface area contributed by atoms with Crippen LogP contribution < -0.4 is 5.56 Å². The van der Waals surface area contributed by atoms with Gasteiger partial charge >= 0.3 is 0 Å². The number of rotatable bonds is 5. The van der Waals surface area contributed by atoms with Crippen molar-refractivity contribution in [3.8, 4) is 5.69 Å². The molecular weight excluding hydrogens is 329 g/mol. The van der Waals surface area contributed by atoms with E-state index in [1.807, 2.05) is 18.2 Å². The molecule has 4 rings (SSSR count). The van der Waals surface area contributed by atoms with Gasteiger partial charge in [0.1, 0.15) is 6.67 Å². The molecule has 1 fully saturated rings. The highest BCUT2D eigenvalue weighted by molar-refractivity contribution is 5.85. The molecule has 3 aromatic rings. The number of aromatic nitrogens is 2. The number of likely N-dealkylation sites (tertiary alicyclic amines) is 1. The molecule has 1 aliphatic rings. The second kappa shape index (κ2) is 7.38. The molecule has 2 aromatic carbocycles. The first-order chi connectivity index (χ1) is 12.7. The number of nitrogens with zero attached hydrogens (tertiary/aromatic N) is 3. The van der Waals surface area contributed by atoms with Crippen LogP contribution in [0.5, 0.6) is 0 Å². The first kappa shape index (κ1) is 16.9. The molecule has 0 bridgehead atoms. The Bertz CT molecular complexity index is 969. The topological polar surface area (TPSA) is 38.1 Å². The molecule has 1 aliphatic heterocycles. The average Bonchev–Trinajstić information content (AvgIpc) is 3.14. The summed E-state index contributed by atoms with van der Waals surface area (Å²) >= 11 is 0. The molecule has 1 aromatic heterocycles. The Labute approximate surface area is 151 Å². The minimum atomic E-state index is -0.243. The van der Waals surface area contributed by atoms with Gasteiger partial charge in [0.25, 0.3) is 5.56 Å².